The molecule has 3 amide bonds. The maximum atomic E-state index is 13.0. The molecule has 9 heteroatoms. The van der Waals surface area contributed by atoms with Crippen LogP contribution in [-0.4, -0.2) is 61.1 Å². The number of amides is 3. The largest absolute Gasteiger partial charge is 0.497 e. The first-order valence-corrected chi connectivity index (χ1v) is 17.4. The van der Waals surface area contributed by atoms with Crippen LogP contribution in [0.15, 0.2) is 34.8 Å². The van der Waals surface area contributed by atoms with Gasteiger partial charge in [0, 0.05) is 47.4 Å². The van der Waals surface area contributed by atoms with E-state index in [9.17, 15) is 9.59 Å². The highest BCUT2D eigenvalue weighted by atomic mass is 79.9. The monoisotopic (exact) mass is 667 g/mol. The minimum atomic E-state index is -0.0379. The van der Waals surface area contributed by atoms with Crippen molar-refractivity contribution < 1.29 is 14.3 Å². The van der Waals surface area contributed by atoms with Crippen molar-refractivity contribution in [3.63, 3.8) is 0 Å². The van der Waals surface area contributed by atoms with E-state index in [0.717, 1.165) is 90.8 Å². The smallest absolute Gasteiger partial charge is 0.322 e. The van der Waals surface area contributed by atoms with Crippen LogP contribution in [-0.2, 0) is 13.0 Å². The number of nitrogen functional groups attached to an aromatic ring is 1. The third-order valence-corrected chi connectivity index (χ3v) is 10.8. The summed E-state index contributed by atoms with van der Waals surface area (Å²) in [6.07, 6.45) is 14.9. The predicted molar refractivity (Wildman–Crippen MR) is 181 cm³/mol. The Hall–Kier alpha value is -2.78. The SMILES string of the molecule is COc1ccc2c(c1)CCN(C1CCC(CCCCNC(=O)c3cc(Br)c(N)c(CN(C)C4CCCCC4)c3)CC1)C(=O)N2. The molecule has 8 nitrogen and oxygen atoms in total. The number of rotatable bonds is 11. The van der Waals surface area contributed by atoms with E-state index < -0.39 is 0 Å². The number of nitrogens with two attached hydrogens (primary N) is 1. The summed E-state index contributed by atoms with van der Waals surface area (Å²) in [7, 11) is 3.84. The third kappa shape index (κ3) is 8.27. The van der Waals surface area contributed by atoms with Crippen molar-refractivity contribution in [3.05, 3.63) is 51.5 Å². The van der Waals surface area contributed by atoms with Gasteiger partial charge >= 0.3 is 6.03 Å². The van der Waals surface area contributed by atoms with Crippen molar-refractivity contribution >= 4 is 39.2 Å². The Bertz CT molecular complexity index is 1290. The van der Waals surface area contributed by atoms with Gasteiger partial charge in [0.15, 0.2) is 0 Å². The van der Waals surface area contributed by atoms with Gasteiger partial charge in [0.2, 0.25) is 0 Å². The lowest BCUT2D eigenvalue weighted by Crippen LogP contribution is -2.44. The number of anilines is 2. The van der Waals surface area contributed by atoms with Crippen LogP contribution in [0.5, 0.6) is 5.75 Å². The molecule has 1 heterocycles. The summed E-state index contributed by atoms with van der Waals surface area (Å²) >= 11 is 3.58. The number of hydrogen-bond donors (Lipinski definition) is 3. The summed E-state index contributed by atoms with van der Waals surface area (Å²) < 4.78 is 6.16. The molecule has 1 aliphatic heterocycles. The lowest BCUT2D eigenvalue weighted by atomic mass is 9.82. The third-order valence-electron chi connectivity index (χ3n) is 10.1. The fourth-order valence-electron chi connectivity index (χ4n) is 7.37. The summed E-state index contributed by atoms with van der Waals surface area (Å²) in [5.41, 5.74) is 10.8. The molecule has 240 valence electrons. The van der Waals surface area contributed by atoms with Crippen LogP contribution < -0.4 is 21.1 Å². The molecular weight excluding hydrogens is 618 g/mol. The van der Waals surface area contributed by atoms with Gasteiger partial charge in [-0.05, 0) is 122 Å². The summed E-state index contributed by atoms with van der Waals surface area (Å²) in [5, 5.41) is 6.25. The summed E-state index contributed by atoms with van der Waals surface area (Å²) in [5.74, 6) is 1.48. The molecule has 4 N–H and O–H groups in total. The first-order chi connectivity index (χ1) is 21.3. The van der Waals surface area contributed by atoms with Gasteiger partial charge < -0.3 is 26.0 Å². The average Bonchev–Trinajstić information content (AvgIpc) is 3.21. The molecule has 0 radical (unpaired) electrons. The van der Waals surface area contributed by atoms with Crippen molar-refractivity contribution in [1.29, 1.82) is 0 Å². The molecule has 44 heavy (non-hydrogen) atoms. The van der Waals surface area contributed by atoms with E-state index in [0.29, 0.717) is 30.1 Å². The van der Waals surface area contributed by atoms with Crippen LogP contribution in [0.3, 0.4) is 0 Å². The number of carbonyl (C=O) groups excluding carboxylic acids is 2. The van der Waals surface area contributed by atoms with Crippen LogP contribution in [0.4, 0.5) is 16.2 Å². The van der Waals surface area contributed by atoms with E-state index in [4.69, 9.17) is 10.5 Å². The van der Waals surface area contributed by atoms with E-state index in [1.54, 1.807) is 7.11 Å². The summed E-state index contributed by atoms with van der Waals surface area (Å²) in [4.78, 5) is 30.5. The number of nitrogens with zero attached hydrogens (tertiary/aromatic N) is 2. The molecule has 0 saturated heterocycles. The Kier molecular flexibility index (Phi) is 11.5. The molecular formula is C35H50BrN5O3. The molecule has 0 aromatic heterocycles. The fraction of sp³-hybridized carbons (Fsp3) is 0.600. The van der Waals surface area contributed by atoms with Crippen molar-refractivity contribution in [2.24, 2.45) is 5.92 Å². The molecule has 5 rings (SSSR count). The zero-order valence-electron chi connectivity index (χ0n) is 26.5. The van der Waals surface area contributed by atoms with Crippen molar-refractivity contribution in [1.82, 2.24) is 15.1 Å². The summed E-state index contributed by atoms with van der Waals surface area (Å²) in [6.45, 7) is 2.17. The van der Waals surface area contributed by atoms with Crippen LogP contribution in [0.1, 0.15) is 98.5 Å². The van der Waals surface area contributed by atoms with Gasteiger partial charge in [-0.1, -0.05) is 32.1 Å². The number of benzene rings is 2. The second-order valence-electron chi connectivity index (χ2n) is 13.1. The fourth-order valence-corrected chi connectivity index (χ4v) is 7.87. The number of carbonyl (C=O) groups is 2. The highest BCUT2D eigenvalue weighted by molar-refractivity contribution is 9.10. The first kappa shape index (κ1) is 32.6. The Morgan fingerprint density at radius 3 is 2.61 bits per heavy atom. The van der Waals surface area contributed by atoms with Crippen molar-refractivity contribution in [3.8, 4) is 5.75 Å². The number of urea groups is 1. The molecule has 2 aromatic carbocycles. The number of hydrogen-bond acceptors (Lipinski definition) is 5. The van der Waals surface area contributed by atoms with Gasteiger partial charge in [-0.2, -0.15) is 0 Å². The first-order valence-electron chi connectivity index (χ1n) is 16.6. The van der Waals surface area contributed by atoms with Gasteiger partial charge in [0.05, 0.1) is 12.8 Å². The zero-order chi connectivity index (χ0) is 31.1. The topological polar surface area (TPSA) is 99.9 Å². The highest BCUT2D eigenvalue weighted by Crippen LogP contribution is 2.34. The predicted octanol–water partition coefficient (Wildman–Crippen LogP) is 7.35. The van der Waals surface area contributed by atoms with Crippen LogP contribution in [0, 0.1) is 5.92 Å². The van der Waals surface area contributed by atoms with Gasteiger partial charge in [-0.25, -0.2) is 4.79 Å². The van der Waals surface area contributed by atoms with Gasteiger partial charge in [-0.15, -0.1) is 0 Å². The van der Waals surface area contributed by atoms with Gasteiger partial charge in [0.25, 0.3) is 5.91 Å². The maximum absolute atomic E-state index is 13.0. The Balaban J connectivity index is 1.02. The lowest BCUT2D eigenvalue weighted by molar-refractivity contribution is 0.0952. The Morgan fingerprint density at radius 2 is 1.86 bits per heavy atom. The van der Waals surface area contributed by atoms with Crippen LogP contribution in [0.25, 0.3) is 0 Å². The second-order valence-corrected chi connectivity index (χ2v) is 13.9. The minimum Gasteiger partial charge on any atom is -0.497 e. The number of halogens is 1. The van der Waals surface area contributed by atoms with E-state index >= 15 is 0 Å². The Labute approximate surface area is 271 Å². The standard InChI is InChI=1S/C35H50BrN5O3/c1-40(28-9-4-3-5-10-28)23-27-20-26(22-31(36)33(27)37)34(42)38-18-7-6-8-24-11-13-29(14-12-24)41-19-17-25-21-30(44-2)15-16-32(25)39-35(41)43/h15-16,20-22,24,28-29H,3-14,17-19,23,37H2,1-2H3,(H,38,42)(H,39,43). The molecule has 2 saturated carbocycles. The van der Waals surface area contributed by atoms with Gasteiger partial charge in [-0.3, -0.25) is 9.69 Å². The quantitative estimate of drug-likeness (QED) is 0.172. The lowest BCUT2D eigenvalue weighted by Gasteiger charge is -2.36. The van der Waals surface area contributed by atoms with E-state index in [-0.39, 0.29) is 11.9 Å². The molecule has 0 atom stereocenters. The number of unbranched alkanes of at least 4 members (excludes halogenated alkanes) is 1. The van der Waals surface area contributed by atoms with Crippen LogP contribution >= 0.6 is 15.9 Å². The molecule has 0 bridgehead atoms. The summed E-state index contributed by atoms with van der Waals surface area (Å²) in [6, 6.07) is 10.6. The van der Waals surface area contributed by atoms with E-state index in [1.807, 2.05) is 35.2 Å². The highest BCUT2D eigenvalue weighted by Gasteiger charge is 2.30. The van der Waals surface area contributed by atoms with Crippen molar-refractivity contribution in [2.45, 2.75) is 102 Å². The number of fused-ring (bicyclic) bond motifs is 1. The van der Waals surface area contributed by atoms with E-state index in [1.165, 1.54) is 38.5 Å². The zero-order valence-corrected chi connectivity index (χ0v) is 28.1. The number of nitrogens with one attached hydrogen (secondary N) is 2. The maximum Gasteiger partial charge on any atom is 0.322 e. The molecule has 0 spiro atoms. The molecule has 2 fully saturated rings. The molecule has 3 aliphatic rings. The molecule has 2 aliphatic carbocycles. The number of methoxy groups -OCH3 is 1. The number of ether oxygens (including phenoxy) is 1. The molecule has 2 aromatic rings. The van der Waals surface area contributed by atoms with E-state index in [2.05, 4.69) is 38.5 Å². The second kappa shape index (κ2) is 15.5. The average molecular weight is 669 g/mol. The minimum absolute atomic E-state index is 0.0182. The normalized spacial score (nSPS) is 21.0. The van der Waals surface area contributed by atoms with Gasteiger partial charge in [0.1, 0.15) is 5.75 Å². The Morgan fingerprint density at radius 1 is 1.09 bits per heavy atom. The molecule has 0 unspecified atom stereocenters. The van der Waals surface area contributed by atoms with Crippen molar-refractivity contribution in [2.75, 3.05) is 38.3 Å². The van der Waals surface area contributed by atoms with Crippen LogP contribution in [0.2, 0.25) is 0 Å².